The van der Waals surface area contributed by atoms with E-state index in [4.69, 9.17) is 4.74 Å². The fourth-order valence-corrected chi connectivity index (χ4v) is 1.58. The summed E-state index contributed by atoms with van der Waals surface area (Å²) in [5, 5.41) is 2.84. The van der Waals surface area contributed by atoms with Crippen LogP contribution in [0.25, 0.3) is 0 Å². The number of amides is 1. The number of nitrogens with one attached hydrogen (secondary N) is 1. The Labute approximate surface area is 107 Å². The van der Waals surface area contributed by atoms with Crippen molar-refractivity contribution in [3.63, 3.8) is 0 Å². The minimum Gasteiger partial charge on any atom is -0.369 e. The van der Waals surface area contributed by atoms with Crippen LogP contribution in [-0.2, 0) is 16.0 Å². The third-order valence-corrected chi connectivity index (χ3v) is 2.41. The van der Waals surface area contributed by atoms with Crippen LogP contribution < -0.4 is 5.32 Å². The lowest BCUT2D eigenvalue weighted by atomic mass is 10.1. The number of carbonyl (C=O) groups is 1. The molecule has 0 bridgehead atoms. The Bertz CT molecular complexity index is 376. The molecule has 0 aliphatic rings. The molecule has 1 unspecified atom stereocenters. The molecule has 0 heterocycles. The molecule has 0 saturated heterocycles. The number of ether oxygens (including phenoxy) is 1. The summed E-state index contributed by atoms with van der Waals surface area (Å²) in [5.74, 6) is -0.376. The summed E-state index contributed by atoms with van der Waals surface area (Å²) >= 11 is 0. The fraction of sp³-hybridized carbons (Fsp3) is 0.500. The topological polar surface area (TPSA) is 38.3 Å². The van der Waals surface area contributed by atoms with Gasteiger partial charge in [-0.05, 0) is 44.9 Å². The van der Waals surface area contributed by atoms with Crippen molar-refractivity contribution in [3.05, 3.63) is 35.6 Å². The van der Waals surface area contributed by atoms with Gasteiger partial charge >= 0.3 is 0 Å². The van der Waals surface area contributed by atoms with Gasteiger partial charge in [0.25, 0.3) is 0 Å². The molecule has 0 radical (unpaired) electrons. The van der Waals surface area contributed by atoms with Crippen molar-refractivity contribution in [1.82, 2.24) is 5.32 Å². The van der Waals surface area contributed by atoms with E-state index in [9.17, 15) is 9.18 Å². The van der Waals surface area contributed by atoms with Gasteiger partial charge in [0.05, 0.1) is 6.10 Å². The Balaban J connectivity index is 2.34. The molecule has 1 N–H and O–H groups in total. The average molecular weight is 253 g/mol. The number of halogens is 1. The maximum Gasteiger partial charge on any atom is 0.246 e. The lowest BCUT2D eigenvalue weighted by Crippen LogP contribution is -2.37. The maximum atomic E-state index is 12.7. The molecule has 1 aromatic rings. The highest BCUT2D eigenvalue weighted by Crippen LogP contribution is 2.05. The fourth-order valence-electron chi connectivity index (χ4n) is 1.58. The molecular weight excluding hydrogens is 233 g/mol. The van der Waals surface area contributed by atoms with E-state index < -0.39 is 0 Å². The highest BCUT2D eigenvalue weighted by molar-refractivity contribution is 5.77. The third-order valence-electron chi connectivity index (χ3n) is 2.41. The molecule has 18 heavy (non-hydrogen) atoms. The first-order valence-corrected chi connectivity index (χ1v) is 6.12. The van der Waals surface area contributed by atoms with E-state index >= 15 is 0 Å². The first-order chi connectivity index (χ1) is 8.47. The predicted octanol–water partition coefficient (Wildman–Crippen LogP) is 2.30. The van der Waals surface area contributed by atoms with E-state index in [1.54, 1.807) is 12.1 Å². The zero-order valence-corrected chi connectivity index (χ0v) is 11.1. The van der Waals surface area contributed by atoms with Crippen LogP contribution in [0, 0.1) is 5.82 Å². The highest BCUT2D eigenvalue weighted by atomic mass is 19.1. The zero-order chi connectivity index (χ0) is 13.5. The summed E-state index contributed by atoms with van der Waals surface area (Å²) in [4.78, 5) is 11.5. The second-order valence-corrected chi connectivity index (χ2v) is 4.66. The molecule has 0 saturated carbocycles. The summed E-state index contributed by atoms with van der Waals surface area (Å²) in [6.45, 7) is 5.76. The summed E-state index contributed by atoms with van der Waals surface area (Å²) in [6, 6.07) is 6.29. The van der Waals surface area contributed by atoms with Crippen molar-refractivity contribution in [2.45, 2.75) is 39.3 Å². The Hall–Kier alpha value is -1.42. The zero-order valence-electron chi connectivity index (χ0n) is 11.1. The van der Waals surface area contributed by atoms with Gasteiger partial charge in [0.15, 0.2) is 0 Å². The Kier molecular flexibility index (Phi) is 5.78. The molecule has 3 nitrogen and oxygen atoms in total. The van der Waals surface area contributed by atoms with Crippen molar-refractivity contribution in [2.75, 3.05) is 6.61 Å². The molecule has 1 atom stereocenters. The van der Waals surface area contributed by atoms with Gasteiger partial charge in [-0.3, -0.25) is 4.79 Å². The van der Waals surface area contributed by atoms with Crippen LogP contribution in [0.15, 0.2) is 24.3 Å². The van der Waals surface area contributed by atoms with E-state index in [2.05, 4.69) is 5.32 Å². The Morgan fingerprint density at radius 1 is 1.28 bits per heavy atom. The van der Waals surface area contributed by atoms with E-state index in [1.807, 2.05) is 20.8 Å². The molecule has 1 aromatic carbocycles. The van der Waals surface area contributed by atoms with E-state index in [1.165, 1.54) is 12.1 Å². The first-order valence-electron chi connectivity index (χ1n) is 6.12. The Morgan fingerprint density at radius 2 is 1.89 bits per heavy atom. The summed E-state index contributed by atoms with van der Waals surface area (Å²) in [7, 11) is 0. The standard InChI is InChI=1S/C14H20FNO2/c1-10(2)18-9-14(17)16-11(3)8-12-4-6-13(15)7-5-12/h4-7,10-11H,8-9H2,1-3H3,(H,16,17). The van der Waals surface area contributed by atoms with Crippen molar-refractivity contribution >= 4 is 5.91 Å². The van der Waals surface area contributed by atoms with Gasteiger partial charge in [-0.15, -0.1) is 0 Å². The van der Waals surface area contributed by atoms with E-state index in [0.29, 0.717) is 6.42 Å². The van der Waals surface area contributed by atoms with Crippen LogP contribution in [0.2, 0.25) is 0 Å². The van der Waals surface area contributed by atoms with Crippen LogP contribution >= 0.6 is 0 Å². The van der Waals surface area contributed by atoms with Crippen molar-refractivity contribution < 1.29 is 13.9 Å². The second-order valence-electron chi connectivity index (χ2n) is 4.66. The summed E-state index contributed by atoms with van der Waals surface area (Å²) in [5.41, 5.74) is 0.994. The van der Waals surface area contributed by atoms with Crippen LogP contribution in [0.5, 0.6) is 0 Å². The van der Waals surface area contributed by atoms with Crippen LogP contribution in [0.1, 0.15) is 26.3 Å². The van der Waals surface area contributed by atoms with Gasteiger partial charge in [0.2, 0.25) is 5.91 Å². The molecule has 0 aliphatic carbocycles. The quantitative estimate of drug-likeness (QED) is 0.844. The van der Waals surface area contributed by atoms with Gasteiger partial charge in [0.1, 0.15) is 12.4 Å². The summed E-state index contributed by atoms with van der Waals surface area (Å²) < 4.78 is 17.9. The molecule has 1 amide bonds. The van der Waals surface area contributed by atoms with E-state index in [-0.39, 0.29) is 30.5 Å². The number of benzene rings is 1. The van der Waals surface area contributed by atoms with Crippen molar-refractivity contribution in [1.29, 1.82) is 0 Å². The monoisotopic (exact) mass is 253 g/mol. The minimum atomic E-state index is -0.249. The third kappa shape index (κ3) is 5.77. The van der Waals surface area contributed by atoms with E-state index in [0.717, 1.165) is 5.56 Å². The maximum absolute atomic E-state index is 12.7. The van der Waals surface area contributed by atoms with Crippen LogP contribution in [0.3, 0.4) is 0 Å². The number of hydrogen-bond acceptors (Lipinski definition) is 2. The molecule has 4 heteroatoms. The van der Waals surface area contributed by atoms with Gasteiger partial charge < -0.3 is 10.1 Å². The number of hydrogen-bond donors (Lipinski definition) is 1. The largest absolute Gasteiger partial charge is 0.369 e. The molecule has 0 fully saturated rings. The predicted molar refractivity (Wildman–Crippen MR) is 68.8 cm³/mol. The SMILES string of the molecule is CC(Cc1ccc(F)cc1)NC(=O)COC(C)C. The summed E-state index contributed by atoms with van der Waals surface area (Å²) in [6.07, 6.45) is 0.719. The number of rotatable bonds is 6. The Morgan fingerprint density at radius 3 is 2.44 bits per heavy atom. The molecule has 100 valence electrons. The molecule has 0 aromatic heterocycles. The average Bonchev–Trinajstić information content (AvgIpc) is 2.29. The van der Waals surface area contributed by atoms with Crippen LogP contribution in [-0.4, -0.2) is 24.7 Å². The second kappa shape index (κ2) is 7.11. The van der Waals surface area contributed by atoms with Crippen LogP contribution in [0.4, 0.5) is 4.39 Å². The molecule has 0 spiro atoms. The van der Waals surface area contributed by atoms with Gasteiger partial charge in [-0.2, -0.15) is 0 Å². The minimum absolute atomic E-state index is 0.00118. The first kappa shape index (κ1) is 14.6. The smallest absolute Gasteiger partial charge is 0.246 e. The van der Waals surface area contributed by atoms with Crippen molar-refractivity contribution in [2.24, 2.45) is 0 Å². The normalized spacial score (nSPS) is 12.5. The van der Waals surface area contributed by atoms with Gasteiger partial charge in [-0.1, -0.05) is 12.1 Å². The lowest BCUT2D eigenvalue weighted by molar-refractivity contribution is -0.127. The molecular formula is C14H20FNO2. The highest BCUT2D eigenvalue weighted by Gasteiger charge is 2.09. The lowest BCUT2D eigenvalue weighted by Gasteiger charge is -2.15. The van der Waals surface area contributed by atoms with Gasteiger partial charge in [0, 0.05) is 6.04 Å². The molecule has 0 aliphatic heterocycles. The molecule has 1 rings (SSSR count). The number of carbonyl (C=O) groups excluding carboxylic acids is 1. The van der Waals surface area contributed by atoms with Gasteiger partial charge in [-0.25, -0.2) is 4.39 Å². The van der Waals surface area contributed by atoms with Crippen molar-refractivity contribution in [3.8, 4) is 0 Å².